The summed E-state index contributed by atoms with van der Waals surface area (Å²) in [7, 11) is 0. The second-order valence-corrected chi connectivity index (χ2v) is 15.0. The van der Waals surface area contributed by atoms with E-state index in [9.17, 15) is 0 Å². The second kappa shape index (κ2) is 14.1. The Bertz CT molecular complexity index is 3230. The van der Waals surface area contributed by atoms with Crippen LogP contribution < -0.4 is 4.90 Å². The molecule has 0 radical (unpaired) electrons. The Morgan fingerprint density at radius 1 is 0.259 bits per heavy atom. The average Bonchev–Trinajstić information content (AvgIpc) is 3.64. The highest BCUT2D eigenvalue weighted by Gasteiger charge is 2.16. The Labute approximate surface area is 338 Å². The van der Waals surface area contributed by atoms with Gasteiger partial charge in [-0.15, -0.1) is 0 Å². The topological polar surface area (TPSA) is 8.17 Å². The van der Waals surface area contributed by atoms with Crippen LogP contribution in [-0.4, -0.2) is 4.57 Å². The van der Waals surface area contributed by atoms with Gasteiger partial charge in [0.1, 0.15) is 0 Å². The molecular formula is C56H38N2. The summed E-state index contributed by atoms with van der Waals surface area (Å²) in [6, 6.07) is 83.7. The Hall–Kier alpha value is -7.68. The SMILES string of the molecule is c1cc(-c2ccc3ccccc3c2)cc(N(c2ccc(-c3cccc(-n4c5ccccc5c5ccccc54)c3)cc2)c2ccc(-c3ccc4ccccc4c3)cc2)c1. The summed E-state index contributed by atoms with van der Waals surface area (Å²) in [6.45, 7) is 0. The Kier molecular flexibility index (Phi) is 8.19. The van der Waals surface area contributed by atoms with Crippen LogP contribution in [0.4, 0.5) is 17.1 Å². The van der Waals surface area contributed by atoms with Crippen LogP contribution >= 0.6 is 0 Å². The van der Waals surface area contributed by atoms with Crippen molar-refractivity contribution in [3.05, 3.63) is 231 Å². The summed E-state index contributed by atoms with van der Waals surface area (Å²) in [5, 5.41) is 7.52. The van der Waals surface area contributed by atoms with Crippen LogP contribution in [0.5, 0.6) is 0 Å². The monoisotopic (exact) mass is 738 g/mol. The lowest BCUT2D eigenvalue weighted by atomic mass is 9.99. The maximum absolute atomic E-state index is 2.38. The molecular weight excluding hydrogens is 701 g/mol. The number of aromatic nitrogens is 1. The largest absolute Gasteiger partial charge is 0.310 e. The van der Waals surface area contributed by atoms with Crippen LogP contribution in [0.15, 0.2) is 231 Å². The van der Waals surface area contributed by atoms with Gasteiger partial charge in [-0.25, -0.2) is 0 Å². The highest BCUT2D eigenvalue weighted by Crippen LogP contribution is 2.40. The van der Waals surface area contributed by atoms with Crippen molar-refractivity contribution in [1.29, 1.82) is 0 Å². The smallest absolute Gasteiger partial charge is 0.0541 e. The number of hydrogen-bond donors (Lipinski definition) is 0. The Morgan fingerprint density at radius 2 is 0.690 bits per heavy atom. The van der Waals surface area contributed by atoms with Crippen LogP contribution in [0, 0.1) is 0 Å². The number of para-hydroxylation sites is 2. The lowest BCUT2D eigenvalue weighted by Crippen LogP contribution is -2.10. The molecule has 0 fully saturated rings. The molecule has 11 aromatic rings. The Balaban J connectivity index is 0.985. The minimum Gasteiger partial charge on any atom is -0.310 e. The van der Waals surface area contributed by atoms with Gasteiger partial charge < -0.3 is 9.47 Å². The zero-order valence-electron chi connectivity index (χ0n) is 31.8. The number of rotatable bonds is 7. The van der Waals surface area contributed by atoms with Crippen molar-refractivity contribution in [3.8, 4) is 39.1 Å². The van der Waals surface area contributed by atoms with Gasteiger partial charge in [0, 0.05) is 33.5 Å². The maximum atomic E-state index is 2.38. The molecule has 0 aliphatic carbocycles. The van der Waals surface area contributed by atoms with Crippen molar-refractivity contribution < 1.29 is 0 Å². The first-order valence-corrected chi connectivity index (χ1v) is 19.9. The van der Waals surface area contributed by atoms with Gasteiger partial charge in [0.05, 0.1) is 11.0 Å². The van der Waals surface area contributed by atoms with Crippen LogP contribution in [0.25, 0.3) is 82.4 Å². The van der Waals surface area contributed by atoms with Gasteiger partial charge in [-0.05, 0) is 128 Å². The van der Waals surface area contributed by atoms with Crippen LogP contribution in [0.3, 0.4) is 0 Å². The van der Waals surface area contributed by atoms with Crippen molar-refractivity contribution in [2.75, 3.05) is 4.90 Å². The zero-order chi connectivity index (χ0) is 38.4. The molecule has 1 heterocycles. The predicted molar refractivity (Wildman–Crippen MR) is 247 cm³/mol. The van der Waals surface area contributed by atoms with Gasteiger partial charge >= 0.3 is 0 Å². The first-order chi connectivity index (χ1) is 28.7. The molecule has 11 rings (SSSR count). The van der Waals surface area contributed by atoms with Crippen molar-refractivity contribution in [2.24, 2.45) is 0 Å². The first kappa shape index (κ1) is 33.6. The van der Waals surface area contributed by atoms with E-state index in [0.717, 1.165) is 22.7 Å². The van der Waals surface area contributed by atoms with Gasteiger partial charge in [0.15, 0.2) is 0 Å². The molecule has 0 bridgehead atoms. The molecule has 272 valence electrons. The van der Waals surface area contributed by atoms with Gasteiger partial charge in [-0.1, -0.05) is 158 Å². The number of anilines is 3. The van der Waals surface area contributed by atoms with E-state index in [2.05, 4.69) is 240 Å². The quantitative estimate of drug-likeness (QED) is 0.158. The zero-order valence-corrected chi connectivity index (χ0v) is 31.8. The molecule has 10 aromatic carbocycles. The summed E-state index contributed by atoms with van der Waals surface area (Å²) in [6.07, 6.45) is 0. The molecule has 58 heavy (non-hydrogen) atoms. The van der Waals surface area contributed by atoms with E-state index in [1.165, 1.54) is 76.7 Å². The fourth-order valence-electron chi connectivity index (χ4n) is 8.64. The van der Waals surface area contributed by atoms with E-state index in [4.69, 9.17) is 0 Å². The minimum atomic E-state index is 1.09. The van der Waals surface area contributed by atoms with Crippen molar-refractivity contribution >= 4 is 60.4 Å². The fourth-order valence-corrected chi connectivity index (χ4v) is 8.64. The summed E-state index contributed by atoms with van der Waals surface area (Å²) in [4.78, 5) is 2.37. The molecule has 0 saturated carbocycles. The second-order valence-electron chi connectivity index (χ2n) is 15.0. The lowest BCUT2D eigenvalue weighted by molar-refractivity contribution is 1.18. The predicted octanol–water partition coefficient (Wildman–Crippen LogP) is 15.6. The first-order valence-electron chi connectivity index (χ1n) is 19.9. The molecule has 0 atom stereocenters. The highest BCUT2D eigenvalue weighted by molar-refractivity contribution is 6.09. The molecule has 2 nitrogen and oxygen atoms in total. The van der Waals surface area contributed by atoms with Gasteiger partial charge in [-0.3, -0.25) is 0 Å². The van der Waals surface area contributed by atoms with Crippen LogP contribution in [0.2, 0.25) is 0 Å². The molecule has 0 N–H and O–H groups in total. The van der Waals surface area contributed by atoms with E-state index < -0.39 is 0 Å². The molecule has 0 amide bonds. The van der Waals surface area contributed by atoms with E-state index in [1.807, 2.05) is 0 Å². The van der Waals surface area contributed by atoms with Crippen molar-refractivity contribution in [2.45, 2.75) is 0 Å². The molecule has 0 aliphatic heterocycles. The third-order valence-corrected chi connectivity index (χ3v) is 11.5. The summed E-state index contributed by atoms with van der Waals surface area (Å²) in [5.41, 5.74) is 14.0. The minimum absolute atomic E-state index is 1.09. The number of hydrogen-bond acceptors (Lipinski definition) is 1. The molecule has 0 aliphatic rings. The van der Waals surface area contributed by atoms with Gasteiger partial charge in [-0.2, -0.15) is 0 Å². The van der Waals surface area contributed by atoms with E-state index in [-0.39, 0.29) is 0 Å². The van der Waals surface area contributed by atoms with Gasteiger partial charge in [0.2, 0.25) is 0 Å². The van der Waals surface area contributed by atoms with E-state index >= 15 is 0 Å². The fraction of sp³-hybridized carbons (Fsp3) is 0. The number of benzene rings is 10. The Morgan fingerprint density at radius 3 is 1.26 bits per heavy atom. The van der Waals surface area contributed by atoms with Crippen LogP contribution in [-0.2, 0) is 0 Å². The third kappa shape index (κ3) is 6.00. The standard InChI is InChI=1S/C56H38N2/c1-3-13-43-35-47(25-23-39(43)11-1)42-29-33-50(34-30-42)57(51-17-10-16-46(38-51)48-26-24-40-12-2-4-14-44(40)36-48)49-31-27-41(28-32-49)45-15-9-18-52(37-45)58-55-21-7-5-19-53(55)54-20-6-8-22-56(54)58/h1-38H. The number of fused-ring (bicyclic) bond motifs is 5. The van der Waals surface area contributed by atoms with E-state index in [1.54, 1.807) is 0 Å². The summed E-state index contributed by atoms with van der Waals surface area (Å²) >= 11 is 0. The highest BCUT2D eigenvalue weighted by atomic mass is 15.1. The summed E-state index contributed by atoms with van der Waals surface area (Å²) in [5.74, 6) is 0. The molecule has 0 unspecified atom stereocenters. The van der Waals surface area contributed by atoms with Crippen LogP contribution in [0.1, 0.15) is 0 Å². The summed E-state index contributed by atoms with van der Waals surface area (Å²) < 4.78 is 2.38. The lowest BCUT2D eigenvalue weighted by Gasteiger charge is -2.26. The maximum Gasteiger partial charge on any atom is 0.0541 e. The molecule has 2 heteroatoms. The molecule has 1 aromatic heterocycles. The van der Waals surface area contributed by atoms with Gasteiger partial charge in [0.25, 0.3) is 0 Å². The average molecular weight is 739 g/mol. The number of nitrogens with zero attached hydrogens (tertiary/aromatic N) is 2. The normalized spacial score (nSPS) is 11.4. The third-order valence-electron chi connectivity index (χ3n) is 11.5. The molecule has 0 saturated heterocycles. The van der Waals surface area contributed by atoms with Crippen molar-refractivity contribution in [3.63, 3.8) is 0 Å². The van der Waals surface area contributed by atoms with E-state index in [0.29, 0.717) is 0 Å². The molecule has 0 spiro atoms. The van der Waals surface area contributed by atoms with Crippen molar-refractivity contribution in [1.82, 2.24) is 4.57 Å².